The number of benzene rings is 2. The van der Waals surface area contributed by atoms with E-state index in [-0.39, 0.29) is 37.2 Å². The summed E-state index contributed by atoms with van der Waals surface area (Å²) < 4.78 is 11.2. The smallest absolute Gasteiger partial charge is 0.246 e. The fourth-order valence-corrected chi connectivity index (χ4v) is 7.08. The third kappa shape index (κ3) is 3.48. The molecule has 2 saturated heterocycles. The number of fused-ring (bicyclic) bond motifs is 5. The summed E-state index contributed by atoms with van der Waals surface area (Å²) in [6.07, 6.45) is 4.92. The molecule has 1 unspecified atom stereocenters. The molecule has 6 heterocycles. The highest BCUT2D eigenvalue weighted by Gasteiger charge is 2.50. The minimum Gasteiger partial charge on any atom is -0.454 e. The number of carbonyl (C=O) groups is 2. The average Bonchev–Trinajstić information content (AvgIpc) is 3.79. The molecule has 204 valence electrons. The van der Waals surface area contributed by atoms with Gasteiger partial charge in [0.2, 0.25) is 18.6 Å². The van der Waals surface area contributed by atoms with Gasteiger partial charge in [-0.2, -0.15) is 0 Å². The van der Waals surface area contributed by atoms with Crippen LogP contribution in [0.25, 0.3) is 10.9 Å². The summed E-state index contributed by atoms with van der Waals surface area (Å²) in [6.45, 7) is 3.96. The van der Waals surface area contributed by atoms with Crippen molar-refractivity contribution in [1.82, 2.24) is 29.7 Å². The number of H-pyrrole nitrogens is 2. The quantitative estimate of drug-likeness (QED) is 0.414. The fraction of sp³-hybridized carbons (Fsp3) is 0.367. The van der Waals surface area contributed by atoms with Gasteiger partial charge in [-0.3, -0.25) is 14.5 Å². The van der Waals surface area contributed by atoms with Crippen molar-refractivity contribution in [1.29, 1.82) is 0 Å². The number of amides is 2. The molecule has 0 aliphatic carbocycles. The van der Waals surface area contributed by atoms with Gasteiger partial charge in [0.1, 0.15) is 18.4 Å². The van der Waals surface area contributed by atoms with E-state index in [2.05, 4.69) is 32.8 Å². The summed E-state index contributed by atoms with van der Waals surface area (Å²) in [6, 6.07) is 13.1. The summed E-state index contributed by atoms with van der Waals surface area (Å²) >= 11 is 0. The van der Waals surface area contributed by atoms with E-state index in [0.29, 0.717) is 17.9 Å². The molecule has 2 aromatic heterocycles. The zero-order chi connectivity index (χ0) is 27.0. The summed E-state index contributed by atoms with van der Waals surface area (Å²) in [5, 5.41) is 1.10. The van der Waals surface area contributed by atoms with E-state index in [0.717, 1.165) is 53.1 Å². The Morgan fingerprint density at radius 1 is 1.10 bits per heavy atom. The van der Waals surface area contributed by atoms with Crippen LogP contribution in [0.1, 0.15) is 48.1 Å². The Hall–Kier alpha value is -4.31. The first kappa shape index (κ1) is 23.6. The number of hydrogen-bond donors (Lipinski definition) is 2. The van der Waals surface area contributed by atoms with Gasteiger partial charge < -0.3 is 29.2 Å². The monoisotopic (exact) mass is 538 g/mol. The molecule has 2 aromatic carbocycles. The number of imidazole rings is 1. The largest absolute Gasteiger partial charge is 0.454 e. The van der Waals surface area contributed by atoms with Crippen molar-refractivity contribution >= 4 is 22.7 Å². The molecule has 0 bridgehead atoms. The number of likely N-dealkylation sites (tertiary alicyclic amines) is 1. The number of piperazine rings is 1. The zero-order valence-electron chi connectivity index (χ0n) is 22.2. The van der Waals surface area contributed by atoms with Crippen LogP contribution < -0.4 is 9.47 Å². The molecule has 4 atom stereocenters. The topological polar surface area (TPSA) is 107 Å². The molecule has 8 rings (SSSR count). The molecule has 10 heteroatoms. The molecule has 40 heavy (non-hydrogen) atoms. The van der Waals surface area contributed by atoms with Crippen LogP contribution in [-0.4, -0.2) is 80.0 Å². The van der Waals surface area contributed by atoms with Crippen LogP contribution in [0.2, 0.25) is 0 Å². The van der Waals surface area contributed by atoms with Crippen molar-refractivity contribution in [2.45, 2.75) is 43.9 Å². The maximum atomic E-state index is 14.3. The lowest BCUT2D eigenvalue weighted by Gasteiger charge is -2.48. The zero-order valence-corrected chi connectivity index (χ0v) is 22.2. The molecule has 2 N–H and O–H groups in total. The van der Waals surface area contributed by atoms with Crippen LogP contribution in [0.3, 0.4) is 0 Å². The van der Waals surface area contributed by atoms with E-state index in [9.17, 15) is 9.59 Å². The van der Waals surface area contributed by atoms with E-state index in [1.165, 1.54) is 0 Å². The number of hydrogen-bond acceptors (Lipinski definition) is 6. The molecule has 2 amide bonds. The van der Waals surface area contributed by atoms with E-state index in [1.54, 1.807) is 6.20 Å². The number of nitrogens with zero attached hydrogens (tertiary/aromatic N) is 4. The molecule has 2 fully saturated rings. The lowest BCUT2D eigenvalue weighted by molar-refractivity contribution is -0.160. The summed E-state index contributed by atoms with van der Waals surface area (Å²) in [4.78, 5) is 45.5. The van der Waals surface area contributed by atoms with Gasteiger partial charge in [-0.05, 0) is 42.7 Å². The average molecular weight is 539 g/mol. The van der Waals surface area contributed by atoms with Crippen molar-refractivity contribution < 1.29 is 19.1 Å². The minimum atomic E-state index is -0.570. The molecule has 4 aromatic rings. The van der Waals surface area contributed by atoms with Crippen molar-refractivity contribution in [3.63, 3.8) is 0 Å². The summed E-state index contributed by atoms with van der Waals surface area (Å²) in [7, 11) is 0. The van der Waals surface area contributed by atoms with Crippen LogP contribution >= 0.6 is 0 Å². The highest BCUT2D eigenvalue weighted by Crippen LogP contribution is 2.45. The molecule has 0 saturated carbocycles. The maximum Gasteiger partial charge on any atom is 0.246 e. The number of nitrogens with one attached hydrogen (secondary N) is 2. The number of ether oxygens (including phenoxy) is 2. The molecule has 10 nitrogen and oxygen atoms in total. The SMILES string of the molecule is C[C@H](c1ncc[nH]1)N1CCC(N2CC(=O)N3[C@@H](c4ccc5c(c4)OCO5)c4[nH]c5ccccc5c4C[C@@H]3C2=O)C1. The van der Waals surface area contributed by atoms with Gasteiger partial charge in [-0.15, -0.1) is 0 Å². The highest BCUT2D eigenvalue weighted by atomic mass is 16.7. The highest BCUT2D eigenvalue weighted by molar-refractivity contribution is 5.98. The van der Waals surface area contributed by atoms with Gasteiger partial charge >= 0.3 is 0 Å². The second kappa shape index (κ2) is 8.85. The van der Waals surface area contributed by atoms with Gasteiger partial charge in [0, 0.05) is 54.5 Å². The van der Waals surface area contributed by atoms with Crippen molar-refractivity contribution in [3.8, 4) is 11.5 Å². The van der Waals surface area contributed by atoms with Gasteiger partial charge in [-0.25, -0.2) is 4.98 Å². The van der Waals surface area contributed by atoms with Crippen LogP contribution in [0, 0.1) is 0 Å². The molecule has 0 radical (unpaired) electrons. The predicted octanol–water partition coefficient (Wildman–Crippen LogP) is 3.14. The van der Waals surface area contributed by atoms with Gasteiger partial charge in [0.15, 0.2) is 11.5 Å². The van der Waals surface area contributed by atoms with Crippen molar-refractivity contribution in [2.24, 2.45) is 0 Å². The number of carbonyl (C=O) groups excluding carboxylic acids is 2. The van der Waals surface area contributed by atoms with Crippen LogP contribution in [-0.2, 0) is 16.0 Å². The summed E-state index contributed by atoms with van der Waals surface area (Å²) in [5.74, 6) is 2.26. The maximum absolute atomic E-state index is 14.3. The Bertz CT molecular complexity index is 1630. The third-order valence-electron chi connectivity index (χ3n) is 9.10. The molecule has 4 aliphatic rings. The first-order chi connectivity index (χ1) is 19.6. The Morgan fingerprint density at radius 2 is 1.98 bits per heavy atom. The molecule has 0 spiro atoms. The summed E-state index contributed by atoms with van der Waals surface area (Å²) in [5.41, 5.74) is 3.97. The normalized spacial score (nSPS) is 25.0. The first-order valence-electron chi connectivity index (χ1n) is 13.9. The third-order valence-corrected chi connectivity index (χ3v) is 9.10. The van der Waals surface area contributed by atoms with Crippen LogP contribution in [0.5, 0.6) is 11.5 Å². The van der Waals surface area contributed by atoms with Crippen LogP contribution in [0.4, 0.5) is 0 Å². The molecule has 4 aliphatic heterocycles. The number of rotatable bonds is 4. The number of aromatic amines is 2. The van der Waals surface area contributed by atoms with Gasteiger partial charge in [0.05, 0.1) is 12.1 Å². The van der Waals surface area contributed by atoms with E-state index in [1.807, 2.05) is 52.4 Å². The number of para-hydroxylation sites is 1. The van der Waals surface area contributed by atoms with E-state index >= 15 is 0 Å². The Balaban J connectivity index is 1.15. The van der Waals surface area contributed by atoms with Gasteiger partial charge in [0.25, 0.3) is 0 Å². The molecular weight excluding hydrogens is 508 g/mol. The standard InChI is InChI=1S/C30H30N6O4/c1-17(29-31-9-10-32-29)34-11-8-19(14-34)35-15-26(37)36-23(30(35)38)13-21-20-4-2-3-5-22(20)33-27(21)28(36)18-6-7-24-25(12-18)40-16-39-24/h2-7,9-10,12,17,19,23,28,33H,8,11,13-16H2,1H3,(H,31,32)/t17-,19?,23-,28+/m1/s1. The second-order valence-electron chi connectivity index (χ2n) is 11.2. The lowest BCUT2D eigenvalue weighted by Crippen LogP contribution is -2.65. The minimum absolute atomic E-state index is 0.00984. The van der Waals surface area contributed by atoms with E-state index < -0.39 is 12.1 Å². The molecular formula is C30H30N6O4. The van der Waals surface area contributed by atoms with Gasteiger partial charge in [-0.1, -0.05) is 24.3 Å². The predicted molar refractivity (Wildman–Crippen MR) is 146 cm³/mol. The van der Waals surface area contributed by atoms with Crippen LogP contribution in [0.15, 0.2) is 54.9 Å². The van der Waals surface area contributed by atoms with Crippen molar-refractivity contribution in [2.75, 3.05) is 26.4 Å². The Labute approximate surface area is 230 Å². The first-order valence-corrected chi connectivity index (χ1v) is 13.9. The second-order valence-corrected chi connectivity index (χ2v) is 11.2. The fourth-order valence-electron chi connectivity index (χ4n) is 7.08. The Kier molecular flexibility index (Phi) is 5.22. The Morgan fingerprint density at radius 3 is 2.85 bits per heavy atom. The lowest BCUT2D eigenvalue weighted by atomic mass is 9.85. The van der Waals surface area contributed by atoms with Crippen molar-refractivity contribution in [3.05, 3.63) is 77.5 Å². The van der Waals surface area contributed by atoms with E-state index in [4.69, 9.17) is 9.47 Å². The number of aromatic nitrogens is 3.